The molecule has 19 heavy (non-hydrogen) atoms. The highest BCUT2D eigenvalue weighted by Gasteiger charge is 2.05. The average molecular weight is 270 g/mol. The Kier molecular flexibility index (Phi) is 3.05. The number of benzene rings is 1. The van der Waals surface area contributed by atoms with Gasteiger partial charge < -0.3 is 0 Å². The number of hydrogen-bond donors (Lipinski definition) is 1. The zero-order valence-electron chi connectivity index (χ0n) is 10.4. The van der Waals surface area contributed by atoms with Gasteiger partial charge in [-0.1, -0.05) is 35.9 Å². The lowest BCUT2D eigenvalue weighted by Gasteiger charge is -2.06. The molecule has 0 atom stereocenters. The molecule has 0 saturated carbocycles. The Hall–Kier alpha value is -2.13. The third kappa shape index (κ3) is 2.37. The second-order valence-corrected chi connectivity index (χ2v) is 4.72. The van der Waals surface area contributed by atoms with Crippen LogP contribution in [0.3, 0.4) is 0 Å². The first kappa shape index (κ1) is 11.9. The number of nitrogens with zero attached hydrogens (tertiary/aromatic N) is 2. The van der Waals surface area contributed by atoms with Crippen LogP contribution in [0.4, 0.5) is 0 Å². The fraction of sp³-hybridized carbons (Fsp3) is 0.0667. The topological polar surface area (TPSA) is 41.6 Å². The number of aromatic amines is 1. The molecule has 0 aliphatic heterocycles. The normalized spacial score (nSPS) is 10.6. The van der Waals surface area contributed by atoms with Gasteiger partial charge in [-0.25, -0.2) is 4.98 Å². The summed E-state index contributed by atoms with van der Waals surface area (Å²) in [5.74, 6) is 0. The van der Waals surface area contributed by atoms with Crippen LogP contribution in [0.5, 0.6) is 0 Å². The highest BCUT2D eigenvalue weighted by Crippen LogP contribution is 2.26. The van der Waals surface area contributed by atoms with Gasteiger partial charge in [0, 0.05) is 23.0 Å². The maximum absolute atomic E-state index is 5.88. The van der Waals surface area contributed by atoms with Crippen molar-refractivity contribution in [2.24, 2.45) is 0 Å². The predicted octanol–water partition coefficient (Wildman–Crippen LogP) is 4.10. The molecule has 3 rings (SSSR count). The van der Waals surface area contributed by atoms with Crippen LogP contribution in [0, 0.1) is 6.92 Å². The zero-order valence-corrected chi connectivity index (χ0v) is 11.1. The summed E-state index contributed by atoms with van der Waals surface area (Å²) in [5.41, 5.74) is 5.38. The van der Waals surface area contributed by atoms with E-state index in [4.69, 9.17) is 11.6 Å². The molecule has 94 valence electrons. The second kappa shape index (κ2) is 4.86. The van der Waals surface area contributed by atoms with E-state index in [2.05, 4.69) is 39.4 Å². The molecule has 0 amide bonds. The number of halogens is 1. The Morgan fingerprint density at radius 2 is 1.68 bits per heavy atom. The molecule has 0 fully saturated rings. The van der Waals surface area contributed by atoms with Crippen LogP contribution < -0.4 is 0 Å². The number of aromatic nitrogens is 3. The third-order valence-electron chi connectivity index (χ3n) is 3.08. The second-order valence-electron chi connectivity index (χ2n) is 4.33. The molecule has 3 aromatic rings. The summed E-state index contributed by atoms with van der Waals surface area (Å²) in [6, 6.07) is 12.1. The lowest BCUT2D eigenvalue weighted by atomic mass is 10.0. The maximum Gasteiger partial charge on any atom is 0.129 e. The monoisotopic (exact) mass is 269 g/mol. The fourth-order valence-corrected chi connectivity index (χ4v) is 2.28. The Balaban J connectivity index is 1.98. The SMILES string of the molecule is Cc1nc(Cl)ccc1-c1ccc(-c2cn[nH]c2)cc1. The van der Waals surface area contributed by atoms with E-state index >= 15 is 0 Å². The number of nitrogens with one attached hydrogen (secondary N) is 1. The van der Waals surface area contributed by atoms with E-state index in [-0.39, 0.29) is 0 Å². The molecule has 0 saturated heterocycles. The van der Waals surface area contributed by atoms with Crippen LogP contribution in [0.2, 0.25) is 5.15 Å². The number of rotatable bonds is 2. The number of H-pyrrole nitrogens is 1. The van der Waals surface area contributed by atoms with Crippen molar-refractivity contribution >= 4 is 11.6 Å². The number of pyridine rings is 1. The molecule has 4 heteroatoms. The van der Waals surface area contributed by atoms with E-state index in [1.807, 2.05) is 31.5 Å². The maximum atomic E-state index is 5.88. The minimum Gasteiger partial charge on any atom is -0.285 e. The van der Waals surface area contributed by atoms with Crippen molar-refractivity contribution in [3.8, 4) is 22.3 Å². The van der Waals surface area contributed by atoms with Crippen molar-refractivity contribution in [3.63, 3.8) is 0 Å². The summed E-state index contributed by atoms with van der Waals surface area (Å²) >= 11 is 5.88. The molecule has 0 radical (unpaired) electrons. The molecule has 3 nitrogen and oxygen atoms in total. The molecule has 1 N–H and O–H groups in total. The lowest BCUT2D eigenvalue weighted by Crippen LogP contribution is -1.88. The number of hydrogen-bond acceptors (Lipinski definition) is 2. The quantitative estimate of drug-likeness (QED) is 0.712. The minimum absolute atomic E-state index is 0.524. The van der Waals surface area contributed by atoms with Gasteiger partial charge in [0.2, 0.25) is 0 Å². The third-order valence-corrected chi connectivity index (χ3v) is 3.29. The highest BCUT2D eigenvalue weighted by atomic mass is 35.5. The van der Waals surface area contributed by atoms with Gasteiger partial charge in [0.05, 0.1) is 6.20 Å². The molecule has 1 aromatic carbocycles. The first-order chi connectivity index (χ1) is 9.24. The Labute approximate surface area is 116 Å². The van der Waals surface area contributed by atoms with Gasteiger partial charge in [-0.15, -0.1) is 0 Å². The summed E-state index contributed by atoms with van der Waals surface area (Å²) in [4.78, 5) is 4.27. The molecule has 0 aliphatic rings. The van der Waals surface area contributed by atoms with E-state index in [1.54, 1.807) is 0 Å². The van der Waals surface area contributed by atoms with Crippen LogP contribution in [-0.4, -0.2) is 15.2 Å². The average Bonchev–Trinajstić information content (AvgIpc) is 2.93. The Morgan fingerprint density at radius 1 is 0.947 bits per heavy atom. The lowest BCUT2D eigenvalue weighted by molar-refractivity contribution is 1.09. The molecule has 0 bridgehead atoms. The zero-order chi connectivity index (χ0) is 13.2. The first-order valence-corrected chi connectivity index (χ1v) is 6.34. The van der Waals surface area contributed by atoms with Gasteiger partial charge in [0.25, 0.3) is 0 Å². The first-order valence-electron chi connectivity index (χ1n) is 5.97. The Morgan fingerprint density at radius 3 is 2.32 bits per heavy atom. The largest absolute Gasteiger partial charge is 0.285 e. The molecule has 2 aromatic heterocycles. The highest BCUT2D eigenvalue weighted by molar-refractivity contribution is 6.29. The molecule has 0 spiro atoms. The van der Waals surface area contributed by atoms with E-state index in [0.29, 0.717) is 5.15 Å². The minimum atomic E-state index is 0.524. The van der Waals surface area contributed by atoms with Crippen LogP contribution in [0.25, 0.3) is 22.3 Å². The van der Waals surface area contributed by atoms with Crippen LogP contribution >= 0.6 is 11.6 Å². The van der Waals surface area contributed by atoms with E-state index < -0.39 is 0 Å². The van der Waals surface area contributed by atoms with Crippen molar-refractivity contribution in [2.45, 2.75) is 6.92 Å². The smallest absolute Gasteiger partial charge is 0.129 e. The van der Waals surface area contributed by atoms with Crippen molar-refractivity contribution < 1.29 is 0 Å². The molecule has 0 unspecified atom stereocenters. The van der Waals surface area contributed by atoms with Crippen molar-refractivity contribution in [1.29, 1.82) is 0 Å². The summed E-state index contributed by atoms with van der Waals surface area (Å²) in [7, 11) is 0. The molecular weight excluding hydrogens is 258 g/mol. The van der Waals surface area contributed by atoms with Crippen LogP contribution in [0.1, 0.15) is 5.69 Å². The number of aryl methyl sites for hydroxylation is 1. The van der Waals surface area contributed by atoms with E-state index in [1.165, 1.54) is 0 Å². The standard InChI is InChI=1S/C15H12ClN3/c1-10-14(6-7-15(16)19-10)12-4-2-11(3-5-12)13-8-17-18-9-13/h2-9H,1H3,(H,17,18). The van der Waals surface area contributed by atoms with Gasteiger partial charge in [-0.05, 0) is 30.2 Å². The van der Waals surface area contributed by atoms with Crippen LogP contribution in [0.15, 0.2) is 48.8 Å². The van der Waals surface area contributed by atoms with Crippen molar-refractivity contribution in [3.05, 3.63) is 59.6 Å². The van der Waals surface area contributed by atoms with Gasteiger partial charge >= 0.3 is 0 Å². The van der Waals surface area contributed by atoms with E-state index in [9.17, 15) is 0 Å². The summed E-state index contributed by atoms with van der Waals surface area (Å²) in [6.07, 6.45) is 3.69. The summed E-state index contributed by atoms with van der Waals surface area (Å²) < 4.78 is 0. The van der Waals surface area contributed by atoms with Gasteiger partial charge in [0.1, 0.15) is 5.15 Å². The van der Waals surface area contributed by atoms with Gasteiger partial charge in [-0.3, -0.25) is 5.10 Å². The fourth-order valence-electron chi connectivity index (χ4n) is 2.09. The molecular formula is C15H12ClN3. The molecule has 2 heterocycles. The van der Waals surface area contributed by atoms with E-state index in [0.717, 1.165) is 27.9 Å². The summed E-state index contributed by atoms with van der Waals surface area (Å²) in [6.45, 7) is 1.96. The molecule has 0 aliphatic carbocycles. The van der Waals surface area contributed by atoms with Crippen LogP contribution in [-0.2, 0) is 0 Å². The summed E-state index contributed by atoms with van der Waals surface area (Å²) in [5, 5.41) is 7.29. The van der Waals surface area contributed by atoms with Gasteiger partial charge in [0.15, 0.2) is 0 Å². The van der Waals surface area contributed by atoms with Crippen molar-refractivity contribution in [2.75, 3.05) is 0 Å². The predicted molar refractivity (Wildman–Crippen MR) is 77.0 cm³/mol. The van der Waals surface area contributed by atoms with Crippen molar-refractivity contribution in [1.82, 2.24) is 15.2 Å². The Bertz CT molecular complexity index is 688. The van der Waals surface area contributed by atoms with Gasteiger partial charge in [-0.2, -0.15) is 5.10 Å².